The number of aliphatic imine (C=N–C) groups is 2. The molecule has 1 saturated carbocycles. The Labute approximate surface area is 270 Å². The molecule has 1 aliphatic carbocycles. The van der Waals surface area contributed by atoms with Gasteiger partial charge in [0.2, 0.25) is 0 Å². The molecule has 5 nitrogen and oxygen atoms in total. The van der Waals surface area contributed by atoms with E-state index in [0.29, 0.717) is 11.3 Å². The van der Waals surface area contributed by atoms with Crippen LogP contribution in [0, 0.1) is 11.8 Å². The van der Waals surface area contributed by atoms with Gasteiger partial charge in [-0.3, -0.25) is 9.98 Å². The zero-order valence-corrected chi connectivity index (χ0v) is 28.5. The normalized spacial score (nSPS) is 17.9. The molecule has 1 fully saturated rings. The highest BCUT2D eigenvalue weighted by Crippen LogP contribution is 2.38. The van der Waals surface area contributed by atoms with Crippen LogP contribution >= 0.6 is 0 Å². The van der Waals surface area contributed by atoms with Crippen LogP contribution < -0.4 is 0 Å². The fraction of sp³-hybridized carbons (Fsp3) is 0.450. The molecule has 3 aromatic rings. The van der Waals surface area contributed by atoms with Crippen LogP contribution in [-0.2, 0) is 16.2 Å². The van der Waals surface area contributed by atoms with Gasteiger partial charge in [0.05, 0.1) is 12.1 Å². The molecular formula is C40H50N2O3. The van der Waals surface area contributed by atoms with Crippen molar-refractivity contribution in [3.63, 3.8) is 0 Å². The average Bonchev–Trinajstić information content (AvgIpc) is 2.94. The standard InChI is InChI=1S/C40H50N2O3/c1-38(2,3)30-22-29(37(45)33(23-30)40(7,8)9)25-42-35-13-11-10-12-34(35)41-24-28-20-27(21-32(36(28)44)39(4,5)6)15-14-26-16-18-31(43)19-17-26/h16-25,34-35,43-45H,10-13H2,1-9H3/t34-,35-/m1/s1. The first-order chi connectivity index (χ1) is 20.9. The highest BCUT2D eigenvalue weighted by Gasteiger charge is 2.27. The highest BCUT2D eigenvalue weighted by molar-refractivity contribution is 5.86. The first-order valence-electron chi connectivity index (χ1n) is 16.1. The molecule has 0 aromatic heterocycles. The van der Waals surface area contributed by atoms with Gasteiger partial charge in [-0.25, -0.2) is 0 Å². The van der Waals surface area contributed by atoms with Crippen molar-refractivity contribution in [1.29, 1.82) is 0 Å². The van der Waals surface area contributed by atoms with Gasteiger partial charge in [0.15, 0.2) is 0 Å². The monoisotopic (exact) mass is 606 g/mol. The lowest BCUT2D eigenvalue weighted by atomic mass is 9.79. The number of hydrogen-bond donors (Lipinski definition) is 3. The number of aromatic hydroxyl groups is 3. The van der Waals surface area contributed by atoms with Crippen LogP contribution in [0.3, 0.4) is 0 Å². The summed E-state index contributed by atoms with van der Waals surface area (Å²) in [5.74, 6) is 7.10. The fourth-order valence-electron chi connectivity index (χ4n) is 5.64. The van der Waals surface area contributed by atoms with E-state index in [-0.39, 0.29) is 39.8 Å². The summed E-state index contributed by atoms with van der Waals surface area (Å²) in [4.78, 5) is 10.0. The molecule has 1 aliphatic rings. The molecule has 0 heterocycles. The van der Waals surface area contributed by atoms with Crippen LogP contribution in [0.15, 0.2) is 58.5 Å². The number of benzene rings is 3. The van der Waals surface area contributed by atoms with Gasteiger partial charge in [0.25, 0.3) is 0 Å². The van der Waals surface area contributed by atoms with Crippen LogP contribution in [0.2, 0.25) is 0 Å². The van der Waals surface area contributed by atoms with Crippen LogP contribution in [-0.4, -0.2) is 39.8 Å². The molecule has 3 N–H and O–H groups in total. The zero-order valence-electron chi connectivity index (χ0n) is 28.5. The van der Waals surface area contributed by atoms with Gasteiger partial charge < -0.3 is 15.3 Å². The number of hydrogen-bond acceptors (Lipinski definition) is 5. The SMILES string of the molecule is CC(C)(C)c1cc(C=N[C@@H]2CCCC[C@H]2N=Cc2cc(C#Cc3ccc(O)cc3)cc(C(C)(C)C)c2O)c(O)c(C(C)(C)C)c1. The van der Waals surface area contributed by atoms with Gasteiger partial charge >= 0.3 is 0 Å². The molecule has 5 heteroatoms. The molecule has 0 radical (unpaired) electrons. The second-order valence-corrected chi connectivity index (χ2v) is 15.4. The summed E-state index contributed by atoms with van der Waals surface area (Å²) in [6.07, 6.45) is 7.60. The number of phenols is 3. The lowest BCUT2D eigenvalue weighted by molar-refractivity contribution is 0.390. The van der Waals surface area contributed by atoms with E-state index in [4.69, 9.17) is 9.98 Å². The van der Waals surface area contributed by atoms with Crippen molar-refractivity contribution in [1.82, 2.24) is 0 Å². The van der Waals surface area contributed by atoms with Crippen molar-refractivity contribution in [2.75, 3.05) is 0 Å². The Morgan fingerprint density at radius 1 is 0.600 bits per heavy atom. The third-order valence-corrected chi connectivity index (χ3v) is 8.48. The van der Waals surface area contributed by atoms with Crippen molar-refractivity contribution in [3.8, 4) is 29.1 Å². The Morgan fingerprint density at radius 2 is 1.07 bits per heavy atom. The summed E-state index contributed by atoms with van der Waals surface area (Å²) in [5.41, 5.74) is 5.30. The molecule has 3 aromatic carbocycles. The summed E-state index contributed by atoms with van der Waals surface area (Å²) >= 11 is 0. The largest absolute Gasteiger partial charge is 0.508 e. The Bertz CT molecular complexity index is 1630. The van der Waals surface area contributed by atoms with Crippen molar-refractivity contribution < 1.29 is 15.3 Å². The molecule has 45 heavy (non-hydrogen) atoms. The molecule has 0 saturated heterocycles. The lowest BCUT2D eigenvalue weighted by Crippen LogP contribution is -2.27. The van der Waals surface area contributed by atoms with E-state index in [0.717, 1.165) is 53.5 Å². The van der Waals surface area contributed by atoms with E-state index >= 15 is 0 Å². The van der Waals surface area contributed by atoms with Crippen molar-refractivity contribution in [3.05, 3.63) is 87.5 Å². The number of nitrogens with zero attached hydrogens (tertiary/aromatic N) is 2. The highest BCUT2D eigenvalue weighted by atomic mass is 16.3. The second kappa shape index (κ2) is 13.1. The Balaban J connectivity index is 1.68. The van der Waals surface area contributed by atoms with Gasteiger partial charge in [-0.15, -0.1) is 0 Å². The average molecular weight is 607 g/mol. The fourth-order valence-corrected chi connectivity index (χ4v) is 5.64. The zero-order chi connectivity index (χ0) is 33.2. The molecule has 0 unspecified atom stereocenters. The minimum Gasteiger partial charge on any atom is -0.508 e. The Hall–Kier alpha value is -4.04. The first kappa shape index (κ1) is 33.8. The predicted octanol–water partition coefficient (Wildman–Crippen LogP) is 8.94. The van der Waals surface area contributed by atoms with Gasteiger partial charge in [-0.05, 0) is 77.1 Å². The molecular weight excluding hydrogens is 556 g/mol. The van der Waals surface area contributed by atoms with Crippen molar-refractivity contribution >= 4 is 12.4 Å². The summed E-state index contributed by atoms with van der Waals surface area (Å²) in [7, 11) is 0. The minimum atomic E-state index is -0.296. The van der Waals surface area contributed by atoms with Gasteiger partial charge in [-0.2, -0.15) is 0 Å². The van der Waals surface area contributed by atoms with E-state index in [9.17, 15) is 15.3 Å². The molecule has 0 spiro atoms. The van der Waals surface area contributed by atoms with E-state index in [1.54, 1.807) is 30.5 Å². The maximum Gasteiger partial charge on any atom is 0.128 e. The molecule has 0 aliphatic heterocycles. The number of phenolic OH excluding ortho intramolecular Hbond substituents is 3. The summed E-state index contributed by atoms with van der Waals surface area (Å²) in [6.45, 7) is 19.1. The Morgan fingerprint density at radius 3 is 1.56 bits per heavy atom. The maximum absolute atomic E-state index is 11.3. The lowest BCUT2D eigenvalue weighted by Gasteiger charge is -2.28. The van der Waals surface area contributed by atoms with Crippen LogP contribution in [0.4, 0.5) is 0 Å². The van der Waals surface area contributed by atoms with E-state index in [2.05, 4.69) is 86.3 Å². The Kier molecular flexibility index (Phi) is 9.88. The maximum atomic E-state index is 11.3. The smallest absolute Gasteiger partial charge is 0.128 e. The minimum absolute atomic E-state index is 0.0209. The third kappa shape index (κ3) is 8.57. The molecule has 4 rings (SSSR count). The van der Waals surface area contributed by atoms with Crippen LogP contribution in [0.5, 0.6) is 17.2 Å². The topological polar surface area (TPSA) is 85.4 Å². The van der Waals surface area contributed by atoms with E-state index in [1.807, 2.05) is 18.3 Å². The van der Waals surface area contributed by atoms with E-state index < -0.39 is 0 Å². The summed E-state index contributed by atoms with van der Waals surface area (Å²) < 4.78 is 0. The summed E-state index contributed by atoms with van der Waals surface area (Å²) in [6, 6.07) is 14.8. The van der Waals surface area contributed by atoms with Gasteiger partial charge in [0.1, 0.15) is 17.2 Å². The summed E-state index contributed by atoms with van der Waals surface area (Å²) in [5, 5.41) is 32.2. The quantitative estimate of drug-likeness (QED) is 0.205. The van der Waals surface area contributed by atoms with Crippen molar-refractivity contribution in [2.45, 2.75) is 116 Å². The second-order valence-electron chi connectivity index (χ2n) is 15.4. The van der Waals surface area contributed by atoms with Crippen LogP contribution in [0.1, 0.15) is 127 Å². The number of rotatable bonds is 4. The molecule has 0 amide bonds. The molecule has 2 atom stereocenters. The van der Waals surface area contributed by atoms with E-state index in [1.165, 1.54) is 5.56 Å². The first-order valence-corrected chi connectivity index (χ1v) is 16.1. The molecule has 0 bridgehead atoms. The van der Waals surface area contributed by atoms with Gasteiger partial charge in [-0.1, -0.05) is 93.1 Å². The third-order valence-electron chi connectivity index (χ3n) is 8.48. The predicted molar refractivity (Wildman–Crippen MR) is 188 cm³/mol. The van der Waals surface area contributed by atoms with Gasteiger partial charge in [0, 0.05) is 45.8 Å². The van der Waals surface area contributed by atoms with Crippen molar-refractivity contribution in [2.24, 2.45) is 9.98 Å². The van der Waals surface area contributed by atoms with Crippen LogP contribution in [0.25, 0.3) is 0 Å². The molecule has 238 valence electrons.